The lowest BCUT2D eigenvalue weighted by Gasteiger charge is -2.16. The Hall–Kier alpha value is -1.83. The number of hydrogen-bond acceptors (Lipinski definition) is 8. The molecule has 0 amide bonds. The molecular formula is C9H14B2O8. The maximum atomic E-state index is 11.0. The van der Waals surface area contributed by atoms with Crippen molar-refractivity contribution in [3.8, 4) is 0 Å². The fourth-order valence-electron chi connectivity index (χ4n) is 1.01. The van der Waals surface area contributed by atoms with Crippen LogP contribution in [0.25, 0.3) is 0 Å². The van der Waals surface area contributed by atoms with Crippen LogP contribution in [-0.2, 0) is 37.7 Å². The molecule has 0 atom stereocenters. The smallest absolute Gasteiger partial charge is 0.510 e. The Kier molecular flexibility index (Phi) is 7.50. The van der Waals surface area contributed by atoms with E-state index in [9.17, 15) is 19.2 Å². The Morgan fingerprint density at radius 3 is 1.53 bits per heavy atom. The number of carbonyl (C=O) groups is 4. The van der Waals surface area contributed by atoms with Crippen LogP contribution >= 0.6 is 0 Å². The van der Waals surface area contributed by atoms with Gasteiger partial charge >= 0.3 is 14.4 Å². The van der Waals surface area contributed by atoms with Gasteiger partial charge in [-0.25, -0.2) is 0 Å². The Morgan fingerprint density at radius 2 is 1.21 bits per heavy atom. The Bertz CT molecular complexity index is 303. The van der Waals surface area contributed by atoms with E-state index in [2.05, 4.69) is 9.31 Å². The second-order valence-electron chi connectivity index (χ2n) is 3.59. The summed E-state index contributed by atoms with van der Waals surface area (Å²) >= 11 is 0. The van der Waals surface area contributed by atoms with E-state index in [4.69, 9.17) is 9.23 Å². The van der Waals surface area contributed by atoms with Gasteiger partial charge in [0.2, 0.25) is 0 Å². The predicted molar refractivity (Wildman–Crippen MR) is 63.4 cm³/mol. The summed E-state index contributed by atoms with van der Waals surface area (Å²) in [6, 6.07) is 0. The van der Waals surface area contributed by atoms with Crippen molar-refractivity contribution < 1.29 is 37.7 Å². The molecule has 0 fully saturated rings. The molecule has 0 rings (SSSR count). The van der Waals surface area contributed by atoms with Crippen LogP contribution in [0.2, 0.25) is 6.32 Å². The minimum atomic E-state index is -1.68. The Labute approximate surface area is 111 Å². The molecule has 0 aliphatic rings. The first-order valence-electron chi connectivity index (χ1n) is 5.37. The second-order valence-corrected chi connectivity index (χ2v) is 3.59. The van der Waals surface area contributed by atoms with E-state index in [1.54, 1.807) is 0 Å². The van der Waals surface area contributed by atoms with Crippen LogP contribution in [-0.4, -0.2) is 38.1 Å². The van der Waals surface area contributed by atoms with Crippen LogP contribution in [0, 0.1) is 0 Å². The molecule has 0 aliphatic heterocycles. The van der Waals surface area contributed by atoms with Gasteiger partial charge in [0.25, 0.3) is 17.9 Å². The van der Waals surface area contributed by atoms with Gasteiger partial charge in [0.15, 0.2) is 0 Å². The molecule has 0 saturated heterocycles. The highest BCUT2D eigenvalue weighted by atomic mass is 16.8. The molecule has 0 saturated carbocycles. The highest BCUT2D eigenvalue weighted by Gasteiger charge is 2.38. The van der Waals surface area contributed by atoms with Gasteiger partial charge in [0.1, 0.15) is 5.78 Å². The predicted octanol–water partition coefficient (Wildman–Crippen LogP) is -0.246. The third kappa shape index (κ3) is 9.83. The molecule has 0 N–H and O–H groups in total. The lowest BCUT2D eigenvalue weighted by atomic mass is 9.80. The van der Waals surface area contributed by atoms with Gasteiger partial charge in [0, 0.05) is 20.8 Å². The van der Waals surface area contributed by atoms with E-state index >= 15 is 0 Å². The molecule has 104 valence electrons. The summed E-state index contributed by atoms with van der Waals surface area (Å²) in [5, 5.41) is 0. The zero-order chi connectivity index (χ0) is 15.0. The Balaban J connectivity index is 4.68. The van der Waals surface area contributed by atoms with Gasteiger partial charge in [-0.1, -0.05) is 0 Å². The molecule has 19 heavy (non-hydrogen) atoms. The van der Waals surface area contributed by atoms with Crippen molar-refractivity contribution in [2.45, 2.75) is 34.0 Å². The first kappa shape index (κ1) is 17.2. The molecule has 0 spiro atoms. The summed E-state index contributed by atoms with van der Waals surface area (Å²) in [7, 11) is -2.99. The average Bonchev–Trinajstić information content (AvgIpc) is 2.11. The topological polar surface area (TPSA) is 105 Å². The maximum Gasteiger partial charge on any atom is 0.778 e. The van der Waals surface area contributed by atoms with Crippen LogP contribution < -0.4 is 0 Å². The van der Waals surface area contributed by atoms with Crippen molar-refractivity contribution in [1.29, 1.82) is 0 Å². The first-order chi connectivity index (χ1) is 8.70. The zero-order valence-corrected chi connectivity index (χ0v) is 11.1. The molecular weight excluding hydrogens is 258 g/mol. The Morgan fingerprint density at radius 1 is 0.789 bits per heavy atom. The number of carbonyl (C=O) groups excluding carboxylic acids is 4. The summed E-state index contributed by atoms with van der Waals surface area (Å²) in [6.07, 6.45) is -0.265. The monoisotopic (exact) mass is 272 g/mol. The van der Waals surface area contributed by atoms with Crippen molar-refractivity contribution in [1.82, 2.24) is 0 Å². The highest BCUT2D eigenvalue weighted by Crippen LogP contribution is 2.04. The van der Waals surface area contributed by atoms with E-state index in [0.717, 1.165) is 20.8 Å². The molecule has 0 bridgehead atoms. The van der Waals surface area contributed by atoms with Crippen LogP contribution in [0.4, 0.5) is 0 Å². The third-order valence-corrected chi connectivity index (χ3v) is 1.54. The quantitative estimate of drug-likeness (QED) is 0.584. The molecule has 0 aromatic carbocycles. The van der Waals surface area contributed by atoms with E-state index in [-0.39, 0.29) is 12.1 Å². The summed E-state index contributed by atoms with van der Waals surface area (Å²) in [4.78, 5) is 43.4. The van der Waals surface area contributed by atoms with Crippen LogP contribution in [0.15, 0.2) is 0 Å². The molecule has 0 aromatic heterocycles. The standard InChI is InChI=1S/C9H14B2O8/c1-6(12)5-10(16-7(2)13)19-11(17-8(3)14)18-9(4)15/h5H2,1-4H3. The van der Waals surface area contributed by atoms with Crippen molar-refractivity contribution in [3.05, 3.63) is 0 Å². The molecule has 0 unspecified atom stereocenters. The minimum absolute atomic E-state index is 0.265. The number of rotatable bonds is 7. The number of hydrogen-bond donors (Lipinski definition) is 0. The molecule has 8 nitrogen and oxygen atoms in total. The van der Waals surface area contributed by atoms with Crippen molar-refractivity contribution >= 4 is 38.1 Å². The summed E-state index contributed by atoms with van der Waals surface area (Å²) in [5.74, 6) is -2.56. The largest absolute Gasteiger partial charge is 0.778 e. The minimum Gasteiger partial charge on any atom is -0.510 e. The van der Waals surface area contributed by atoms with Gasteiger partial charge in [-0.05, 0) is 6.92 Å². The van der Waals surface area contributed by atoms with Crippen molar-refractivity contribution in [2.75, 3.05) is 0 Å². The van der Waals surface area contributed by atoms with Crippen LogP contribution in [0.5, 0.6) is 0 Å². The maximum absolute atomic E-state index is 11.0. The lowest BCUT2D eigenvalue weighted by Crippen LogP contribution is -2.40. The molecule has 0 heterocycles. The SMILES string of the molecule is CC(=O)CB(OB(OC(C)=O)OC(C)=O)OC(C)=O. The average molecular weight is 272 g/mol. The van der Waals surface area contributed by atoms with Gasteiger partial charge in [-0.15, -0.1) is 0 Å². The van der Waals surface area contributed by atoms with Gasteiger partial charge in [0.05, 0.1) is 6.32 Å². The summed E-state index contributed by atoms with van der Waals surface area (Å²) in [5.41, 5.74) is 0. The van der Waals surface area contributed by atoms with Crippen molar-refractivity contribution in [3.63, 3.8) is 0 Å². The van der Waals surface area contributed by atoms with E-state index in [0.29, 0.717) is 0 Å². The highest BCUT2D eigenvalue weighted by molar-refractivity contribution is 6.61. The summed E-state index contributed by atoms with van der Waals surface area (Å²) in [6.45, 7) is 4.52. The van der Waals surface area contributed by atoms with Gasteiger partial charge in [-0.3, -0.25) is 14.4 Å². The molecule has 0 radical (unpaired) electrons. The lowest BCUT2D eigenvalue weighted by molar-refractivity contribution is -0.139. The fraction of sp³-hybridized carbons (Fsp3) is 0.556. The van der Waals surface area contributed by atoms with E-state index in [1.807, 2.05) is 0 Å². The number of Topliss-reactive ketones (excluding diaryl/α,β-unsaturated/α-hetero) is 1. The molecule has 10 heteroatoms. The molecule has 0 aromatic rings. The fourth-order valence-corrected chi connectivity index (χ4v) is 1.01. The molecule has 0 aliphatic carbocycles. The van der Waals surface area contributed by atoms with Gasteiger partial charge in [-0.2, -0.15) is 0 Å². The van der Waals surface area contributed by atoms with Crippen molar-refractivity contribution in [2.24, 2.45) is 0 Å². The zero-order valence-electron chi connectivity index (χ0n) is 11.1. The third-order valence-electron chi connectivity index (χ3n) is 1.54. The van der Waals surface area contributed by atoms with Gasteiger partial charge < -0.3 is 23.3 Å². The van der Waals surface area contributed by atoms with E-state index in [1.165, 1.54) is 6.92 Å². The normalized spacial score (nSPS) is 9.26. The van der Waals surface area contributed by atoms with Crippen LogP contribution in [0.1, 0.15) is 27.7 Å². The van der Waals surface area contributed by atoms with E-state index < -0.39 is 32.3 Å². The first-order valence-corrected chi connectivity index (χ1v) is 5.37. The van der Waals surface area contributed by atoms with Crippen LogP contribution in [0.3, 0.4) is 0 Å². The summed E-state index contributed by atoms with van der Waals surface area (Å²) < 4.78 is 18.7. The second kappa shape index (κ2) is 8.30. The number of ketones is 1.